The molecule has 1 heterocycles. The van der Waals surface area contributed by atoms with E-state index in [1.165, 1.54) is 37.7 Å². The number of aryl methyl sites for hydroxylation is 2. The lowest BCUT2D eigenvalue weighted by molar-refractivity contribution is 0.0626. The minimum absolute atomic E-state index is 0.117. The van der Waals surface area contributed by atoms with Gasteiger partial charge in [-0.25, -0.2) is 0 Å². The number of fused-ring (bicyclic) bond motifs is 1. The van der Waals surface area contributed by atoms with E-state index < -0.39 is 0 Å². The second kappa shape index (κ2) is 4.32. The van der Waals surface area contributed by atoms with Gasteiger partial charge in [-0.15, -0.1) is 0 Å². The van der Waals surface area contributed by atoms with Gasteiger partial charge in [-0.2, -0.15) is 0 Å². The fraction of sp³-hybridized carbons (Fsp3) is 0.647. The maximum absolute atomic E-state index is 6.70. The molecule has 2 N–H and O–H groups in total. The second-order valence-electron chi connectivity index (χ2n) is 6.75. The molecular weight excluding hydrogens is 234 g/mol. The summed E-state index contributed by atoms with van der Waals surface area (Å²) in [7, 11) is 0. The van der Waals surface area contributed by atoms with Crippen molar-refractivity contribution >= 4 is 0 Å². The van der Waals surface area contributed by atoms with Gasteiger partial charge in [0.25, 0.3) is 0 Å². The quantitative estimate of drug-likeness (QED) is 0.903. The molecule has 1 saturated heterocycles. The van der Waals surface area contributed by atoms with Crippen LogP contribution in [-0.4, -0.2) is 18.2 Å². The van der Waals surface area contributed by atoms with E-state index in [1.807, 2.05) is 0 Å². The Kier molecular flexibility index (Phi) is 2.71. The lowest BCUT2D eigenvalue weighted by Crippen LogP contribution is -2.50. The molecule has 0 radical (unpaired) electrons. The molecule has 1 aromatic rings. The highest BCUT2D eigenvalue weighted by Gasteiger charge is 2.48. The van der Waals surface area contributed by atoms with Gasteiger partial charge in [0.15, 0.2) is 0 Å². The molecule has 2 unspecified atom stereocenters. The summed E-state index contributed by atoms with van der Waals surface area (Å²) in [5, 5.41) is 0. The Balaban J connectivity index is 1.56. The highest BCUT2D eigenvalue weighted by molar-refractivity contribution is 5.36. The Labute approximate surface area is 115 Å². The van der Waals surface area contributed by atoms with Crippen molar-refractivity contribution in [3.63, 3.8) is 0 Å². The molecule has 19 heavy (non-hydrogen) atoms. The van der Waals surface area contributed by atoms with Crippen LogP contribution < -0.4 is 5.73 Å². The first-order valence-corrected chi connectivity index (χ1v) is 7.76. The number of hydrogen-bond acceptors (Lipinski definition) is 2. The van der Waals surface area contributed by atoms with Gasteiger partial charge in [0, 0.05) is 12.1 Å². The lowest BCUT2D eigenvalue weighted by Gasteiger charge is -2.30. The standard InChI is InChI=1S/C17H23NO/c18-17(8-9-19-16(17)14-6-7-14)11-12-4-5-13-2-1-3-15(13)10-12/h4-5,10,14,16H,1-3,6-9,11,18H2. The minimum Gasteiger partial charge on any atom is -0.376 e. The first-order valence-electron chi connectivity index (χ1n) is 7.76. The third kappa shape index (κ3) is 2.11. The molecule has 1 saturated carbocycles. The summed E-state index contributed by atoms with van der Waals surface area (Å²) >= 11 is 0. The van der Waals surface area contributed by atoms with Gasteiger partial charge in [-0.3, -0.25) is 0 Å². The maximum atomic E-state index is 6.70. The third-order valence-electron chi connectivity index (χ3n) is 5.18. The average Bonchev–Trinajstić information content (AvgIpc) is 3.00. The predicted molar refractivity (Wildman–Crippen MR) is 76.2 cm³/mol. The number of nitrogens with two attached hydrogens (primary N) is 1. The largest absolute Gasteiger partial charge is 0.376 e. The Bertz CT molecular complexity index is 494. The van der Waals surface area contributed by atoms with E-state index in [0.29, 0.717) is 6.10 Å². The zero-order valence-electron chi connectivity index (χ0n) is 11.5. The molecule has 2 fully saturated rings. The molecule has 0 aromatic heterocycles. The summed E-state index contributed by atoms with van der Waals surface area (Å²) in [6, 6.07) is 7.02. The number of rotatable bonds is 3. The van der Waals surface area contributed by atoms with Crippen LogP contribution in [0.3, 0.4) is 0 Å². The first-order chi connectivity index (χ1) is 9.24. The van der Waals surface area contributed by atoms with Crippen molar-refractivity contribution in [2.24, 2.45) is 11.7 Å². The summed E-state index contributed by atoms with van der Waals surface area (Å²) in [6.45, 7) is 0.850. The Hall–Kier alpha value is -0.860. The van der Waals surface area contributed by atoms with Gasteiger partial charge in [-0.05, 0) is 67.6 Å². The van der Waals surface area contributed by atoms with Crippen LogP contribution in [0, 0.1) is 5.92 Å². The monoisotopic (exact) mass is 257 g/mol. The maximum Gasteiger partial charge on any atom is 0.0786 e. The zero-order valence-corrected chi connectivity index (χ0v) is 11.5. The van der Waals surface area contributed by atoms with Crippen molar-refractivity contribution < 1.29 is 4.74 Å². The van der Waals surface area contributed by atoms with Crippen molar-refractivity contribution in [3.8, 4) is 0 Å². The molecule has 2 aliphatic carbocycles. The van der Waals surface area contributed by atoms with Gasteiger partial charge in [0.1, 0.15) is 0 Å². The fourth-order valence-corrected chi connectivity index (χ4v) is 3.99. The van der Waals surface area contributed by atoms with Crippen LogP contribution in [0.1, 0.15) is 42.4 Å². The molecule has 4 rings (SSSR count). The van der Waals surface area contributed by atoms with Crippen molar-refractivity contribution in [2.45, 2.75) is 56.6 Å². The first kappa shape index (κ1) is 11.9. The number of benzene rings is 1. The van der Waals surface area contributed by atoms with E-state index in [4.69, 9.17) is 10.5 Å². The Morgan fingerprint density at radius 1 is 1.21 bits per heavy atom. The van der Waals surface area contributed by atoms with Gasteiger partial charge in [0.05, 0.1) is 6.10 Å². The summed E-state index contributed by atoms with van der Waals surface area (Å²) in [6.07, 6.45) is 8.77. The van der Waals surface area contributed by atoms with Gasteiger partial charge in [-0.1, -0.05) is 18.2 Å². The lowest BCUT2D eigenvalue weighted by atomic mass is 9.83. The molecular formula is C17H23NO. The number of ether oxygens (including phenoxy) is 1. The fourth-order valence-electron chi connectivity index (χ4n) is 3.99. The third-order valence-corrected chi connectivity index (χ3v) is 5.18. The summed E-state index contributed by atoms with van der Waals surface area (Å²) in [5.41, 5.74) is 11.1. The van der Waals surface area contributed by atoms with Crippen molar-refractivity contribution in [1.82, 2.24) is 0 Å². The van der Waals surface area contributed by atoms with E-state index in [-0.39, 0.29) is 5.54 Å². The van der Waals surface area contributed by atoms with Gasteiger partial charge >= 0.3 is 0 Å². The normalized spacial score (nSPS) is 33.6. The van der Waals surface area contributed by atoms with Crippen LogP contribution in [0.4, 0.5) is 0 Å². The van der Waals surface area contributed by atoms with Crippen LogP contribution in [-0.2, 0) is 24.0 Å². The molecule has 102 valence electrons. The molecule has 0 amide bonds. The van der Waals surface area contributed by atoms with Crippen LogP contribution in [0.25, 0.3) is 0 Å². The zero-order chi connectivity index (χ0) is 12.9. The van der Waals surface area contributed by atoms with E-state index in [9.17, 15) is 0 Å². The predicted octanol–water partition coefficient (Wildman–Crippen LogP) is 2.61. The highest BCUT2D eigenvalue weighted by Crippen LogP contribution is 2.43. The van der Waals surface area contributed by atoms with Crippen LogP contribution in [0.5, 0.6) is 0 Å². The van der Waals surface area contributed by atoms with E-state index >= 15 is 0 Å². The molecule has 3 aliphatic rings. The number of hydrogen-bond donors (Lipinski definition) is 1. The average molecular weight is 257 g/mol. The van der Waals surface area contributed by atoms with Crippen LogP contribution in [0.15, 0.2) is 18.2 Å². The minimum atomic E-state index is -0.117. The second-order valence-corrected chi connectivity index (χ2v) is 6.75. The summed E-state index contributed by atoms with van der Waals surface area (Å²) in [5.74, 6) is 0.738. The van der Waals surface area contributed by atoms with Gasteiger partial charge < -0.3 is 10.5 Å². The molecule has 2 heteroatoms. The molecule has 1 aromatic carbocycles. The van der Waals surface area contributed by atoms with Crippen LogP contribution >= 0.6 is 0 Å². The Morgan fingerprint density at radius 3 is 2.89 bits per heavy atom. The van der Waals surface area contributed by atoms with Crippen molar-refractivity contribution in [1.29, 1.82) is 0 Å². The molecule has 1 aliphatic heterocycles. The molecule has 2 atom stereocenters. The van der Waals surface area contributed by atoms with Gasteiger partial charge in [0.2, 0.25) is 0 Å². The smallest absolute Gasteiger partial charge is 0.0786 e. The van der Waals surface area contributed by atoms with E-state index in [2.05, 4.69) is 18.2 Å². The molecule has 0 bridgehead atoms. The van der Waals surface area contributed by atoms with Crippen molar-refractivity contribution in [3.05, 3.63) is 34.9 Å². The van der Waals surface area contributed by atoms with Crippen molar-refractivity contribution in [2.75, 3.05) is 6.61 Å². The molecule has 0 spiro atoms. The summed E-state index contributed by atoms with van der Waals surface area (Å²) < 4.78 is 5.93. The SMILES string of the molecule is NC1(Cc2ccc3c(c2)CCC3)CCOC1C1CC1. The summed E-state index contributed by atoms with van der Waals surface area (Å²) in [4.78, 5) is 0. The molecule has 2 nitrogen and oxygen atoms in total. The highest BCUT2D eigenvalue weighted by atomic mass is 16.5. The van der Waals surface area contributed by atoms with E-state index in [0.717, 1.165) is 25.4 Å². The Morgan fingerprint density at radius 2 is 2.05 bits per heavy atom. The van der Waals surface area contributed by atoms with Crippen LogP contribution in [0.2, 0.25) is 0 Å². The topological polar surface area (TPSA) is 35.2 Å². The van der Waals surface area contributed by atoms with E-state index in [1.54, 1.807) is 11.1 Å².